The number of halogens is 1. The highest BCUT2D eigenvalue weighted by molar-refractivity contribution is 7.89. The van der Waals surface area contributed by atoms with Crippen molar-refractivity contribution in [3.05, 3.63) is 23.8 Å². The van der Waals surface area contributed by atoms with Gasteiger partial charge in [-0.25, -0.2) is 17.9 Å². The van der Waals surface area contributed by atoms with Gasteiger partial charge in [0.2, 0.25) is 10.0 Å². The lowest BCUT2D eigenvalue weighted by Crippen LogP contribution is -2.31. The van der Waals surface area contributed by atoms with E-state index in [0.717, 1.165) is 6.54 Å². The topological polar surface area (TPSA) is 93.7 Å². The Balaban J connectivity index is 0.00000441. The van der Waals surface area contributed by atoms with Gasteiger partial charge in [0, 0.05) is 13.1 Å². The molecule has 0 unspecified atom stereocenters. The minimum atomic E-state index is -3.68. The molecule has 9 heteroatoms. The van der Waals surface area contributed by atoms with Gasteiger partial charge in [-0.1, -0.05) is 6.92 Å². The molecular formula is C13H21ClN2O5S. The van der Waals surface area contributed by atoms with E-state index in [0.29, 0.717) is 6.54 Å². The number of likely N-dealkylation sites (N-methyl/N-ethyl adjacent to an activating group) is 1. The molecule has 0 atom stereocenters. The Morgan fingerprint density at radius 2 is 1.91 bits per heavy atom. The molecule has 0 heterocycles. The van der Waals surface area contributed by atoms with E-state index in [4.69, 9.17) is 4.74 Å². The molecule has 2 N–H and O–H groups in total. The molecule has 22 heavy (non-hydrogen) atoms. The molecule has 1 rings (SSSR count). The molecule has 0 aliphatic rings. The van der Waals surface area contributed by atoms with Gasteiger partial charge in [-0.15, -0.1) is 12.4 Å². The van der Waals surface area contributed by atoms with E-state index >= 15 is 0 Å². The van der Waals surface area contributed by atoms with Crippen LogP contribution in [0.3, 0.4) is 0 Å². The summed E-state index contributed by atoms with van der Waals surface area (Å²) in [4.78, 5) is 11.6. The van der Waals surface area contributed by atoms with Crippen molar-refractivity contribution in [2.24, 2.45) is 0 Å². The third-order valence-electron chi connectivity index (χ3n) is 2.73. The highest BCUT2D eigenvalue weighted by Crippen LogP contribution is 2.23. The number of sulfonamides is 1. The molecule has 0 saturated carbocycles. The van der Waals surface area contributed by atoms with E-state index in [1.165, 1.54) is 32.4 Å². The van der Waals surface area contributed by atoms with Crippen LogP contribution in [0.2, 0.25) is 0 Å². The van der Waals surface area contributed by atoms with Crippen LogP contribution >= 0.6 is 12.4 Å². The van der Waals surface area contributed by atoms with Crippen LogP contribution in [-0.2, 0) is 14.8 Å². The summed E-state index contributed by atoms with van der Waals surface area (Å²) >= 11 is 0. The van der Waals surface area contributed by atoms with Gasteiger partial charge < -0.3 is 14.8 Å². The second-order valence-corrected chi connectivity index (χ2v) is 5.87. The van der Waals surface area contributed by atoms with Gasteiger partial charge in [-0.3, -0.25) is 0 Å². The predicted octanol–water partition coefficient (Wildman–Crippen LogP) is 0.791. The largest absolute Gasteiger partial charge is 0.496 e. The summed E-state index contributed by atoms with van der Waals surface area (Å²) in [5, 5.41) is 3.01. The molecule has 0 aromatic heterocycles. The third-order valence-corrected chi connectivity index (χ3v) is 4.19. The van der Waals surface area contributed by atoms with Crippen molar-refractivity contribution in [1.82, 2.24) is 10.0 Å². The zero-order valence-corrected chi connectivity index (χ0v) is 14.3. The number of esters is 1. The maximum absolute atomic E-state index is 12.1. The van der Waals surface area contributed by atoms with Gasteiger partial charge >= 0.3 is 5.97 Å². The number of methoxy groups -OCH3 is 2. The number of carbonyl (C=O) groups is 1. The molecule has 0 amide bonds. The Labute approximate surface area is 136 Å². The summed E-state index contributed by atoms with van der Waals surface area (Å²) in [5.74, 6) is -0.398. The summed E-state index contributed by atoms with van der Waals surface area (Å²) in [5.41, 5.74) is 0.0644. The zero-order valence-electron chi connectivity index (χ0n) is 12.7. The highest BCUT2D eigenvalue weighted by Gasteiger charge is 2.19. The van der Waals surface area contributed by atoms with Crippen molar-refractivity contribution >= 4 is 28.4 Å². The molecule has 1 aromatic rings. The molecule has 0 radical (unpaired) electrons. The Bertz CT molecular complexity index is 592. The second kappa shape index (κ2) is 9.62. The maximum atomic E-state index is 12.1. The summed E-state index contributed by atoms with van der Waals surface area (Å²) < 4.78 is 36.3. The Hall–Kier alpha value is -1.35. The number of benzene rings is 1. The standard InChI is InChI=1S/C13H20N2O5S.ClH/c1-4-14-7-8-15-21(17,18)10-5-6-12(19-2)11(9-10)13(16)20-3;/h5-6,9,14-15H,4,7-8H2,1-3H3;1H. The first-order valence-electron chi connectivity index (χ1n) is 6.43. The lowest BCUT2D eigenvalue weighted by atomic mass is 10.2. The van der Waals surface area contributed by atoms with Gasteiger partial charge in [0.05, 0.1) is 19.1 Å². The number of nitrogens with one attached hydrogen (secondary N) is 2. The molecule has 0 bridgehead atoms. The number of carbonyl (C=O) groups excluding carboxylic acids is 1. The molecule has 0 aliphatic carbocycles. The predicted molar refractivity (Wildman–Crippen MR) is 85.3 cm³/mol. The Kier molecular flexibility index (Phi) is 9.03. The number of hydrogen-bond acceptors (Lipinski definition) is 6. The summed E-state index contributed by atoms with van der Waals surface area (Å²) in [6.07, 6.45) is 0. The van der Waals surface area contributed by atoms with Gasteiger partial charge in [-0.2, -0.15) is 0 Å². The van der Waals surface area contributed by atoms with E-state index in [1.807, 2.05) is 6.92 Å². The third kappa shape index (κ3) is 5.45. The van der Waals surface area contributed by atoms with E-state index in [1.54, 1.807) is 0 Å². The van der Waals surface area contributed by atoms with Crippen molar-refractivity contribution in [2.75, 3.05) is 33.9 Å². The molecule has 1 aromatic carbocycles. The molecule has 0 aliphatic heterocycles. The molecule has 0 fully saturated rings. The van der Waals surface area contributed by atoms with Crippen molar-refractivity contribution in [2.45, 2.75) is 11.8 Å². The number of rotatable bonds is 8. The average Bonchev–Trinajstić information content (AvgIpc) is 2.50. The smallest absolute Gasteiger partial charge is 0.341 e. The van der Waals surface area contributed by atoms with Crippen molar-refractivity contribution in [3.8, 4) is 5.75 Å². The van der Waals surface area contributed by atoms with Gasteiger partial charge in [0.1, 0.15) is 11.3 Å². The zero-order chi connectivity index (χ0) is 15.9. The van der Waals surface area contributed by atoms with Crippen LogP contribution in [-0.4, -0.2) is 48.2 Å². The molecule has 126 valence electrons. The van der Waals surface area contributed by atoms with Crippen LogP contribution in [0, 0.1) is 0 Å². The first-order valence-corrected chi connectivity index (χ1v) is 7.91. The molecule has 7 nitrogen and oxygen atoms in total. The number of hydrogen-bond donors (Lipinski definition) is 2. The lowest BCUT2D eigenvalue weighted by Gasteiger charge is -2.11. The summed E-state index contributed by atoms with van der Waals surface area (Å²) in [7, 11) is -1.07. The summed E-state index contributed by atoms with van der Waals surface area (Å²) in [6.45, 7) is 3.48. The first kappa shape index (κ1) is 20.6. The Morgan fingerprint density at radius 3 is 2.45 bits per heavy atom. The SMILES string of the molecule is CCNCCNS(=O)(=O)c1ccc(OC)c(C(=O)OC)c1.Cl. The lowest BCUT2D eigenvalue weighted by molar-refractivity contribution is 0.0597. The summed E-state index contributed by atoms with van der Waals surface area (Å²) in [6, 6.07) is 4.03. The van der Waals surface area contributed by atoms with Crippen molar-refractivity contribution in [1.29, 1.82) is 0 Å². The minimum Gasteiger partial charge on any atom is -0.496 e. The van der Waals surface area contributed by atoms with Crippen LogP contribution in [0.15, 0.2) is 23.1 Å². The molecule has 0 spiro atoms. The van der Waals surface area contributed by atoms with Crippen molar-refractivity contribution < 1.29 is 22.7 Å². The second-order valence-electron chi connectivity index (χ2n) is 4.10. The van der Waals surface area contributed by atoms with Crippen LogP contribution < -0.4 is 14.8 Å². The Morgan fingerprint density at radius 1 is 1.23 bits per heavy atom. The van der Waals surface area contributed by atoms with Crippen LogP contribution in [0.4, 0.5) is 0 Å². The quantitative estimate of drug-likeness (QED) is 0.530. The van der Waals surface area contributed by atoms with E-state index in [9.17, 15) is 13.2 Å². The van der Waals surface area contributed by atoms with E-state index in [2.05, 4.69) is 14.8 Å². The van der Waals surface area contributed by atoms with E-state index in [-0.39, 0.29) is 35.2 Å². The average molecular weight is 353 g/mol. The fraction of sp³-hybridized carbons (Fsp3) is 0.462. The van der Waals surface area contributed by atoms with Gasteiger partial charge in [0.15, 0.2) is 0 Å². The molecule has 0 saturated heterocycles. The van der Waals surface area contributed by atoms with Crippen molar-refractivity contribution in [3.63, 3.8) is 0 Å². The van der Waals surface area contributed by atoms with Crippen LogP contribution in [0.25, 0.3) is 0 Å². The van der Waals surface area contributed by atoms with E-state index < -0.39 is 16.0 Å². The maximum Gasteiger partial charge on any atom is 0.341 e. The molecular weight excluding hydrogens is 332 g/mol. The van der Waals surface area contributed by atoms with Gasteiger partial charge in [0.25, 0.3) is 0 Å². The monoisotopic (exact) mass is 352 g/mol. The number of ether oxygens (including phenoxy) is 2. The minimum absolute atomic E-state index is 0. The fourth-order valence-electron chi connectivity index (χ4n) is 1.66. The van der Waals surface area contributed by atoms with Gasteiger partial charge in [-0.05, 0) is 24.7 Å². The van der Waals surface area contributed by atoms with Crippen LogP contribution in [0.1, 0.15) is 17.3 Å². The normalized spacial score (nSPS) is 10.7. The highest BCUT2D eigenvalue weighted by atomic mass is 35.5. The van der Waals surface area contributed by atoms with Crippen LogP contribution in [0.5, 0.6) is 5.75 Å². The first-order chi connectivity index (χ1) is 9.96. The fourth-order valence-corrected chi connectivity index (χ4v) is 2.72.